The maximum atomic E-state index is 13.9. The molecule has 0 unspecified atom stereocenters. The van der Waals surface area contributed by atoms with E-state index < -0.39 is 0 Å². The van der Waals surface area contributed by atoms with Gasteiger partial charge < -0.3 is 19.7 Å². The van der Waals surface area contributed by atoms with Gasteiger partial charge in [-0.15, -0.1) is 0 Å². The smallest absolute Gasteiger partial charge is 0.226 e. The van der Waals surface area contributed by atoms with Crippen LogP contribution in [0.5, 0.6) is 11.5 Å². The van der Waals surface area contributed by atoms with Crippen molar-refractivity contribution in [3.8, 4) is 11.5 Å². The Hall–Kier alpha value is -3.31. The lowest BCUT2D eigenvalue weighted by Gasteiger charge is -2.36. The van der Waals surface area contributed by atoms with E-state index in [0.29, 0.717) is 13.2 Å². The lowest BCUT2D eigenvalue weighted by molar-refractivity contribution is -0.138. The van der Waals surface area contributed by atoms with Crippen LogP contribution in [0.2, 0.25) is 0 Å². The van der Waals surface area contributed by atoms with Crippen LogP contribution in [0.3, 0.4) is 0 Å². The van der Waals surface area contributed by atoms with Gasteiger partial charge in [0, 0.05) is 5.92 Å². The monoisotopic (exact) mass is 444 g/mol. The zero-order chi connectivity index (χ0) is 22.9. The summed E-state index contributed by atoms with van der Waals surface area (Å²) < 4.78 is 11.5. The van der Waals surface area contributed by atoms with Crippen LogP contribution in [0.4, 0.5) is 0 Å². The van der Waals surface area contributed by atoms with E-state index in [1.54, 1.807) is 7.11 Å². The summed E-state index contributed by atoms with van der Waals surface area (Å²) in [5.74, 6) is 1.79. The highest BCUT2D eigenvalue weighted by Gasteiger charge is 2.32. The molecule has 1 saturated heterocycles. The molecule has 0 saturated carbocycles. The average molecular weight is 445 g/mol. The molecule has 0 radical (unpaired) electrons. The summed E-state index contributed by atoms with van der Waals surface area (Å²) in [6.07, 6.45) is 1.71. The minimum Gasteiger partial charge on any atom is -0.497 e. The first kappa shape index (κ1) is 22.9. The van der Waals surface area contributed by atoms with Gasteiger partial charge in [0.15, 0.2) is 0 Å². The topological polar surface area (TPSA) is 50.8 Å². The molecule has 3 aromatic rings. The van der Waals surface area contributed by atoms with Crippen molar-refractivity contribution in [1.82, 2.24) is 10.2 Å². The second-order valence-electron chi connectivity index (χ2n) is 8.31. The molecule has 3 aromatic carbocycles. The summed E-state index contributed by atoms with van der Waals surface area (Å²) in [6.45, 7) is 2.67. The van der Waals surface area contributed by atoms with E-state index in [2.05, 4.69) is 23.5 Å². The quantitative estimate of drug-likeness (QED) is 0.520. The molecule has 0 bridgehead atoms. The van der Waals surface area contributed by atoms with E-state index in [1.165, 1.54) is 0 Å². The number of ether oxygens (including phenoxy) is 2. The highest BCUT2D eigenvalue weighted by Crippen LogP contribution is 2.33. The van der Waals surface area contributed by atoms with Crippen LogP contribution in [0.25, 0.3) is 0 Å². The molecule has 5 nitrogen and oxygen atoms in total. The Bertz CT molecular complexity index is 1000. The molecule has 172 valence electrons. The third-order valence-electron chi connectivity index (χ3n) is 6.15. The molecule has 33 heavy (non-hydrogen) atoms. The van der Waals surface area contributed by atoms with Crippen LogP contribution in [0, 0.1) is 5.92 Å². The minimum absolute atomic E-state index is 0.0137. The summed E-state index contributed by atoms with van der Waals surface area (Å²) in [7, 11) is 1.67. The van der Waals surface area contributed by atoms with Crippen molar-refractivity contribution in [2.24, 2.45) is 5.92 Å². The first-order valence-electron chi connectivity index (χ1n) is 11.6. The normalized spacial score (nSPS) is 14.9. The van der Waals surface area contributed by atoms with Crippen molar-refractivity contribution in [2.45, 2.75) is 18.9 Å². The average Bonchev–Trinajstić information content (AvgIpc) is 2.89. The maximum absolute atomic E-state index is 13.9. The number of carbonyl (C=O) groups is 1. The van der Waals surface area contributed by atoms with Crippen LogP contribution in [0.1, 0.15) is 30.0 Å². The molecule has 1 N–H and O–H groups in total. The molecular formula is C28H32N2O3. The Labute approximate surface area is 196 Å². The second kappa shape index (κ2) is 11.5. The van der Waals surface area contributed by atoms with Crippen LogP contribution >= 0.6 is 0 Å². The zero-order valence-corrected chi connectivity index (χ0v) is 19.2. The van der Waals surface area contributed by atoms with Gasteiger partial charge >= 0.3 is 0 Å². The van der Waals surface area contributed by atoms with Gasteiger partial charge in [-0.25, -0.2) is 0 Å². The van der Waals surface area contributed by atoms with Crippen molar-refractivity contribution in [3.63, 3.8) is 0 Å². The van der Waals surface area contributed by atoms with Gasteiger partial charge in [-0.05, 0) is 61.3 Å². The number of hydrogen-bond donors (Lipinski definition) is 1. The van der Waals surface area contributed by atoms with E-state index in [0.717, 1.165) is 48.6 Å². The van der Waals surface area contributed by atoms with E-state index in [1.807, 2.05) is 71.6 Å². The van der Waals surface area contributed by atoms with Gasteiger partial charge in [0.05, 0.1) is 19.7 Å². The number of piperidine rings is 1. The third-order valence-corrected chi connectivity index (χ3v) is 6.15. The lowest BCUT2D eigenvalue weighted by Crippen LogP contribution is -2.44. The van der Waals surface area contributed by atoms with E-state index in [9.17, 15) is 4.79 Å². The largest absolute Gasteiger partial charge is 0.497 e. The Balaban J connectivity index is 1.67. The molecule has 1 aliphatic heterocycles. The number of rotatable bonds is 9. The molecule has 1 aliphatic rings. The summed E-state index contributed by atoms with van der Waals surface area (Å²) in [6, 6.07) is 27.8. The standard InChI is InChI=1S/C28H32N2O3/c1-32-26-14-8-11-24(21-26)27(22-9-4-2-5-10-22)30(28(31)23-15-17-29-18-16-23)19-20-33-25-12-6-3-7-13-25/h2-14,21,23,27,29H,15-20H2,1H3/t27-/m1/s1. The van der Waals surface area contributed by atoms with Crippen molar-refractivity contribution >= 4 is 5.91 Å². The van der Waals surface area contributed by atoms with E-state index in [4.69, 9.17) is 9.47 Å². The van der Waals surface area contributed by atoms with Crippen molar-refractivity contribution in [3.05, 3.63) is 96.1 Å². The molecule has 1 fully saturated rings. The number of para-hydroxylation sites is 1. The molecular weight excluding hydrogens is 412 g/mol. The molecule has 5 heteroatoms. The molecule has 1 heterocycles. The molecule has 1 atom stereocenters. The predicted molar refractivity (Wildman–Crippen MR) is 131 cm³/mol. The summed E-state index contributed by atoms with van der Waals surface area (Å²) in [5.41, 5.74) is 2.11. The first-order valence-corrected chi connectivity index (χ1v) is 11.6. The number of methoxy groups -OCH3 is 1. The van der Waals surface area contributed by atoms with Gasteiger partial charge in [0.25, 0.3) is 0 Å². The molecule has 0 aliphatic carbocycles. The van der Waals surface area contributed by atoms with E-state index >= 15 is 0 Å². The van der Waals surface area contributed by atoms with Crippen LogP contribution in [-0.2, 0) is 4.79 Å². The predicted octanol–water partition coefficient (Wildman–Crippen LogP) is 4.69. The Morgan fingerprint density at radius 3 is 2.24 bits per heavy atom. The molecule has 0 spiro atoms. The van der Waals surface area contributed by atoms with Gasteiger partial charge in [-0.3, -0.25) is 4.79 Å². The fourth-order valence-corrected chi connectivity index (χ4v) is 4.45. The summed E-state index contributed by atoms with van der Waals surface area (Å²) in [5, 5.41) is 3.37. The van der Waals surface area contributed by atoms with Crippen molar-refractivity contribution < 1.29 is 14.3 Å². The highest BCUT2D eigenvalue weighted by molar-refractivity contribution is 5.80. The van der Waals surface area contributed by atoms with Crippen molar-refractivity contribution in [2.75, 3.05) is 33.4 Å². The van der Waals surface area contributed by atoms with E-state index in [-0.39, 0.29) is 17.9 Å². The number of benzene rings is 3. The van der Waals surface area contributed by atoms with Crippen LogP contribution in [-0.4, -0.2) is 44.2 Å². The molecule has 4 rings (SSSR count). The number of amides is 1. The Kier molecular flexibility index (Phi) is 7.99. The van der Waals surface area contributed by atoms with Crippen molar-refractivity contribution in [1.29, 1.82) is 0 Å². The zero-order valence-electron chi connectivity index (χ0n) is 19.2. The number of hydrogen-bond acceptors (Lipinski definition) is 4. The minimum atomic E-state index is -0.219. The first-order chi connectivity index (χ1) is 16.3. The maximum Gasteiger partial charge on any atom is 0.226 e. The highest BCUT2D eigenvalue weighted by atomic mass is 16.5. The SMILES string of the molecule is COc1cccc([C@@H](c2ccccc2)N(CCOc2ccccc2)C(=O)C2CCNCC2)c1. The number of nitrogens with zero attached hydrogens (tertiary/aromatic N) is 1. The lowest BCUT2D eigenvalue weighted by atomic mass is 9.92. The number of carbonyl (C=O) groups excluding carboxylic acids is 1. The summed E-state index contributed by atoms with van der Waals surface area (Å²) >= 11 is 0. The summed E-state index contributed by atoms with van der Waals surface area (Å²) in [4.78, 5) is 15.9. The second-order valence-corrected chi connectivity index (χ2v) is 8.31. The van der Waals surface area contributed by atoms with Crippen LogP contribution in [0.15, 0.2) is 84.9 Å². The van der Waals surface area contributed by atoms with Gasteiger partial charge in [-0.1, -0.05) is 60.7 Å². The third kappa shape index (κ3) is 5.93. The fourth-order valence-electron chi connectivity index (χ4n) is 4.45. The Morgan fingerprint density at radius 2 is 1.55 bits per heavy atom. The molecule has 0 aromatic heterocycles. The van der Waals surface area contributed by atoms with Gasteiger partial charge in [-0.2, -0.15) is 0 Å². The molecule has 1 amide bonds. The van der Waals surface area contributed by atoms with Gasteiger partial charge in [0.1, 0.15) is 18.1 Å². The van der Waals surface area contributed by atoms with Crippen LogP contribution < -0.4 is 14.8 Å². The van der Waals surface area contributed by atoms with Gasteiger partial charge in [0.2, 0.25) is 5.91 Å². The number of nitrogens with one attached hydrogen (secondary N) is 1. The fraction of sp³-hybridized carbons (Fsp3) is 0.321. The Morgan fingerprint density at radius 1 is 0.909 bits per heavy atom.